The van der Waals surface area contributed by atoms with Crippen LogP contribution in [0.3, 0.4) is 0 Å². The maximum atomic E-state index is 12.4. The maximum Gasteiger partial charge on any atom is 0.255 e. The quantitative estimate of drug-likeness (QED) is 0.489. The second-order valence-electron chi connectivity index (χ2n) is 5.66. The van der Waals surface area contributed by atoms with E-state index in [9.17, 15) is 4.79 Å². The van der Waals surface area contributed by atoms with Crippen molar-refractivity contribution in [2.45, 2.75) is 31.7 Å². The molecule has 1 amide bonds. The van der Waals surface area contributed by atoms with Crippen molar-refractivity contribution in [3.8, 4) is 0 Å². The van der Waals surface area contributed by atoms with Crippen LogP contribution in [0.5, 0.6) is 0 Å². The van der Waals surface area contributed by atoms with Gasteiger partial charge in [0.1, 0.15) is 0 Å². The molecule has 0 atom stereocenters. The molecule has 0 unspecified atom stereocenters. The molecule has 3 rings (SSSR count). The van der Waals surface area contributed by atoms with Gasteiger partial charge in [0, 0.05) is 67.1 Å². The van der Waals surface area contributed by atoms with E-state index < -0.39 is 0 Å². The minimum absolute atomic E-state index is 0. The van der Waals surface area contributed by atoms with Gasteiger partial charge in [-0.2, -0.15) is 0 Å². The first kappa shape index (κ1) is 20.6. The number of likely N-dealkylation sites (tertiary alicyclic amines) is 2. The maximum absolute atomic E-state index is 12.4. The van der Waals surface area contributed by atoms with Crippen LogP contribution in [-0.4, -0.2) is 52.9 Å². The molecule has 23 heavy (non-hydrogen) atoms. The fraction of sp³-hybridized carbons (Fsp3) is 0.562. The molecule has 0 bridgehead atoms. The molecule has 0 radical (unpaired) electrons. The summed E-state index contributed by atoms with van der Waals surface area (Å²) in [7, 11) is 0. The minimum Gasteiger partial charge on any atom is -0.512 e. The van der Waals surface area contributed by atoms with E-state index in [2.05, 4.69) is 25.8 Å². The Labute approximate surface area is 169 Å². The Morgan fingerprint density at radius 1 is 1.17 bits per heavy atom. The number of piperidine rings is 1. The standard InChI is InChI=1S/C15H20BrN3O.CN.U/c16-13-9-12(10-17-11-13)15(20)19-7-3-14(4-8-19)18-5-1-2-6-18;1-2;/h9-11,14H,1-8H2;;/q;-1;. The third-order valence-electron chi connectivity index (χ3n) is 4.36. The Morgan fingerprint density at radius 3 is 2.35 bits per heavy atom. The smallest absolute Gasteiger partial charge is 0.255 e. The van der Waals surface area contributed by atoms with Crippen LogP contribution in [0.2, 0.25) is 0 Å². The Hall–Kier alpha value is -0.398. The largest absolute Gasteiger partial charge is 0.512 e. The summed E-state index contributed by atoms with van der Waals surface area (Å²) in [5.74, 6) is 0.110. The molecule has 0 aromatic carbocycles. The van der Waals surface area contributed by atoms with Gasteiger partial charge < -0.3 is 21.6 Å². The molecule has 0 aliphatic carbocycles. The minimum atomic E-state index is 0. The fourth-order valence-electron chi connectivity index (χ4n) is 3.25. The van der Waals surface area contributed by atoms with Crippen LogP contribution in [0.4, 0.5) is 0 Å². The summed E-state index contributed by atoms with van der Waals surface area (Å²) < 4.78 is 0.857. The van der Waals surface area contributed by atoms with E-state index in [1.807, 2.05) is 11.0 Å². The number of carbonyl (C=O) groups excluding carboxylic acids is 1. The molecular formula is C16H20BrN4OU-. The number of hydrogen-bond acceptors (Lipinski definition) is 4. The predicted octanol–water partition coefficient (Wildman–Crippen LogP) is 2.64. The van der Waals surface area contributed by atoms with Crippen LogP contribution in [0, 0.1) is 42.9 Å². The molecule has 0 N–H and O–H groups in total. The van der Waals surface area contributed by atoms with Crippen molar-refractivity contribution in [3.63, 3.8) is 0 Å². The topological polar surface area (TPSA) is 60.2 Å². The van der Waals surface area contributed by atoms with Crippen LogP contribution in [-0.2, 0) is 0 Å². The Balaban J connectivity index is 0.000000849. The zero-order valence-electron chi connectivity index (χ0n) is 13.0. The predicted molar refractivity (Wildman–Crippen MR) is 86.6 cm³/mol. The van der Waals surface area contributed by atoms with Gasteiger partial charge in [-0.25, -0.2) is 0 Å². The summed E-state index contributed by atoms with van der Waals surface area (Å²) >= 11 is 3.37. The number of pyridine rings is 1. The van der Waals surface area contributed by atoms with Gasteiger partial charge in [0.2, 0.25) is 0 Å². The van der Waals surface area contributed by atoms with E-state index in [0.29, 0.717) is 11.6 Å². The number of carbonyl (C=O) groups is 1. The summed E-state index contributed by atoms with van der Waals surface area (Å²) in [6, 6.07) is 2.53. The molecule has 7 heteroatoms. The van der Waals surface area contributed by atoms with Gasteiger partial charge in [-0.3, -0.25) is 9.78 Å². The molecule has 1 aromatic rings. The molecule has 2 aliphatic rings. The normalized spacial score (nSPS) is 18.7. The molecule has 5 nitrogen and oxygen atoms in total. The molecule has 2 fully saturated rings. The average Bonchev–Trinajstić information content (AvgIpc) is 3.11. The number of halogens is 1. The van der Waals surface area contributed by atoms with Gasteiger partial charge >= 0.3 is 0 Å². The first-order valence-corrected chi connectivity index (χ1v) is 8.39. The molecular weight excluding hydrogens is 582 g/mol. The second-order valence-corrected chi connectivity index (χ2v) is 6.57. The fourth-order valence-corrected chi connectivity index (χ4v) is 3.62. The van der Waals surface area contributed by atoms with Crippen molar-refractivity contribution in [3.05, 3.63) is 35.1 Å². The van der Waals surface area contributed by atoms with Crippen LogP contribution in [0.25, 0.3) is 0 Å². The number of hydrogen-bond donors (Lipinski definition) is 0. The van der Waals surface area contributed by atoms with Gasteiger partial charge in [-0.15, -0.1) is 0 Å². The summed E-state index contributed by atoms with van der Waals surface area (Å²) in [4.78, 5) is 21.1. The molecule has 1 aromatic heterocycles. The third kappa shape index (κ3) is 5.57. The van der Waals surface area contributed by atoms with Crippen LogP contribution >= 0.6 is 15.9 Å². The zero-order chi connectivity index (χ0) is 15.9. The van der Waals surface area contributed by atoms with Gasteiger partial charge in [0.25, 0.3) is 5.91 Å². The van der Waals surface area contributed by atoms with Crippen molar-refractivity contribution in [1.29, 1.82) is 5.26 Å². The van der Waals surface area contributed by atoms with Crippen molar-refractivity contribution in [1.82, 2.24) is 14.8 Å². The van der Waals surface area contributed by atoms with E-state index in [-0.39, 0.29) is 37.0 Å². The van der Waals surface area contributed by atoms with Crippen LogP contribution in [0.15, 0.2) is 22.9 Å². The van der Waals surface area contributed by atoms with Gasteiger partial charge in [-0.05, 0) is 60.8 Å². The third-order valence-corrected chi connectivity index (χ3v) is 4.79. The summed E-state index contributed by atoms with van der Waals surface area (Å²) in [6.07, 6.45) is 8.24. The second kappa shape index (κ2) is 10.5. The molecule has 2 saturated heterocycles. The summed E-state index contributed by atoms with van der Waals surface area (Å²) in [6.45, 7) is 8.97. The average molecular weight is 602 g/mol. The van der Waals surface area contributed by atoms with E-state index in [4.69, 9.17) is 11.8 Å². The van der Waals surface area contributed by atoms with Crippen molar-refractivity contribution in [2.24, 2.45) is 0 Å². The van der Waals surface area contributed by atoms with Crippen LogP contribution in [0.1, 0.15) is 36.0 Å². The van der Waals surface area contributed by atoms with Crippen molar-refractivity contribution < 1.29 is 35.9 Å². The Kier molecular flexibility index (Phi) is 9.39. The Bertz CT molecular complexity index is 526. The van der Waals surface area contributed by atoms with Crippen molar-refractivity contribution >= 4 is 21.8 Å². The first-order chi connectivity index (χ1) is 10.7. The molecule has 3 heterocycles. The molecule has 0 spiro atoms. The SMILES string of the molecule is O=C(c1cncc(Br)c1)N1CCC(N2CCCC2)CC1.[C-]#N.[U]. The zero-order valence-corrected chi connectivity index (χ0v) is 18.8. The van der Waals surface area contributed by atoms with Crippen LogP contribution < -0.4 is 0 Å². The summed E-state index contributed by atoms with van der Waals surface area (Å²) in [5, 5.41) is 6.25. The molecule has 2 aliphatic heterocycles. The van der Waals surface area contributed by atoms with E-state index >= 15 is 0 Å². The molecule has 122 valence electrons. The Morgan fingerprint density at radius 2 is 1.78 bits per heavy atom. The summed E-state index contributed by atoms with van der Waals surface area (Å²) in [5.41, 5.74) is 0.680. The molecule has 0 saturated carbocycles. The van der Waals surface area contributed by atoms with Crippen molar-refractivity contribution in [2.75, 3.05) is 26.2 Å². The number of nitrogens with zero attached hydrogens (tertiary/aromatic N) is 4. The monoisotopic (exact) mass is 601 g/mol. The number of rotatable bonds is 2. The number of amides is 1. The van der Waals surface area contributed by atoms with Gasteiger partial charge in [0.05, 0.1) is 5.56 Å². The van der Waals surface area contributed by atoms with Gasteiger partial charge in [0.15, 0.2) is 0 Å². The number of aromatic nitrogens is 1. The van der Waals surface area contributed by atoms with Gasteiger partial charge in [-0.1, -0.05) is 0 Å². The van der Waals surface area contributed by atoms with E-state index in [1.54, 1.807) is 12.4 Å². The van der Waals surface area contributed by atoms with E-state index in [0.717, 1.165) is 30.4 Å². The first-order valence-electron chi connectivity index (χ1n) is 7.60. The van der Waals surface area contributed by atoms with E-state index in [1.165, 1.54) is 25.9 Å².